The molecule has 174 valence electrons. The van der Waals surface area contributed by atoms with Gasteiger partial charge in [0.2, 0.25) is 17.6 Å². The highest BCUT2D eigenvalue weighted by atomic mass is 32.2. The van der Waals surface area contributed by atoms with Crippen LogP contribution in [-0.4, -0.2) is 46.3 Å². The van der Waals surface area contributed by atoms with E-state index in [4.69, 9.17) is 4.52 Å². The van der Waals surface area contributed by atoms with E-state index < -0.39 is 0 Å². The van der Waals surface area contributed by atoms with E-state index in [1.54, 1.807) is 0 Å². The van der Waals surface area contributed by atoms with E-state index in [9.17, 15) is 4.79 Å². The van der Waals surface area contributed by atoms with Gasteiger partial charge in [-0.25, -0.2) is 0 Å². The van der Waals surface area contributed by atoms with E-state index in [0.717, 1.165) is 48.6 Å². The van der Waals surface area contributed by atoms with E-state index in [-0.39, 0.29) is 11.8 Å². The molecule has 2 aromatic carbocycles. The van der Waals surface area contributed by atoms with Crippen LogP contribution in [-0.2, 0) is 17.1 Å². The second-order valence-electron chi connectivity index (χ2n) is 8.67. The van der Waals surface area contributed by atoms with Crippen LogP contribution in [0.5, 0.6) is 0 Å². The third kappa shape index (κ3) is 6.45. The summed E-state index contributed by atoms with van der Waals surface area (Å²) < 4.78 is 5.50. The zero-order valence-corrected chi connectivity index (χ0v) is 20.2. The number of piperidine rings is 1. The lowest BCUT2D eigenvalue weighted by Crippen LogP contribution is -2.43. The zero-order chi connectivity index (χ0) is 23.0. The van der Waals surface area contributed by atoms with Crippen molar-refractivity contribution < 1.29 is 9.32 Å². The second kappa shape index (κ2) is 11.5. The fourth-order valence-corrected chi connectivity index (χ4v) is 5.14. The van der Waals surface area contributed by atoms with Gasteiger partial charge in [-0.1, -0.05) is 53.7 Å². The minimum atomic E-state index is 0.0128. The molecule has 3 aromatic rings. The van der Waals surface area contributed by atoms with Crippen LogP contribution in [0.4, 0.5) is 0 Å². The zero-order valence-electron chi connectivity index (χ0n) is 19.4. The monoisotopic (exact) mass is 464 g/mol. The number of likely N-dealkylation sites (tertiary alicyclic amines) is 1. The van der Waals surface area contributed by atoms with E-state index in [1.165, 1.54) is 11.1 Å². The van der Waals surface area contributed by atoms with Crippen molar-refractivity contribution in [2.45, 2.75) is 39.0 Å². The number of carbonyl (C=O) groups is 1. The second-order valence-corrected chi connectivity index (χ2v) is 9.78. The van der Waals surface area contributed by atoms with Crippen molar-refractivity contribution in [3.63, 3.8) is 0 Å². The van der Waals surface area contributed by atoms with Crippen LogP contribution in [0.15, 0.2) is 53.1 Å². The molecule has 6 nitrogen and oxygen atoms in total. The Kier molecular flexibility index (Phi) is 8.18. The van der Waals surface area contributed by atoms with Crippen LogP contribution in [0, 0.1) is 19.8 Å². The van der Waals surface area contributed by atoms with Crippen molar-refractivity contribution in [1.29, 1.82) is 0 Å². The van der Waals surface area contributed by atoms with Gasteiger partial charge < -0.3 is 9.84 Å². The van der Waals surface area contributed by atoms with E-state index in [1.807, 2.05) is 43.0 Å². The fourth-order valence-electron chi connectivity index (χ4n) is 4.20. The molecule has 0 radical (unpaired) electrons. The quantitative estimate of drug-likeness (QED) is 0.466. The van der Waals surface area contributed by atoms with Crippen molar-refractivity contribution in [2.24, 2.45) is 5.92 Å². The number of aryl methyl sites for hydroxylation is 2. The van der Waals surface area contributed by atoms with Gasteiger partial charge in [0.25, 0.3) is 0 Å². The maximum absolute atomic E-state index is 12.7. The Bertz CT molecular complexity index is 1070. The first-order chi connectivity index (χ1) is 16.1. The number of amides is 1. The van der Waals surface area contributed by atoms with Crippen LogP contribution < -0.4 is 5.32 Å². The number of nitrogens with one attached hydrogen (secondary N) is 1. The Balaban J connectivity index is 1.21. The van der Waals surface area contributed by atoms with Crippen molar-refractivity contribution in [2.75, 3.05) is 25.4 Å². The van der Waals surface area contributed by atoms with Gasteiger partial charge in [0.15, 0.2) is 0 Å². The highest BCUT2D eigenvalue weighted by Crippen LogP contribution is 2.22. The number of hydrogen-bond donors (Lipinski definition) is 1. The Morgan fingerprint density at radius 3 is 2.76 bits per heavy atom. The summed E-state index contributed by atoms with van der Waals surface area (Å²) in [5.41, 5.74) is 4.80. The maximum Gasteiger partial charge on any atom is 0.241 e. The number of hydrogen-bond acceptors (Lipinski definition) is 6. The lowest BCUT2D eigenvalue weighted by molar-refractivity contribution is -0.126. The molecule has 2 heterocycles. The molecule has 33 heavy (non-hydrogen) atoms. The average Bonchev–Trinajstić information content (AvgIpc) is 3.28. The normalized spacial score (nSPS) is 16.6. The molecule has 1 aliphatic rings. The number of thioether (sulfide) groups is 1. The first-order valence-electron chi connectivity index (χ1n) is 11.6. The fraction of sp³-hybridized carbons (Fsp3) is 0.423. The standard InChI is InChI=1S/C26H32N4O2S/c1-19-8-3-5-10-22(19)18-33-15-13-27-26(31)21-11-7-14-30(16-21)17-24-28-25(29-32-24)23-12-6-4-9-20(23)2/h3-6,8-10,12,21H,7,11,13-18H2,1-2H3,(H,27,31). The SMILES string of the molecule is Cc1ccccc1CSCCNC(=O)C1CCCN(Cc2nc(-c3ccccc3C)no2)C1. The highest BCUT2D eigenvalue weighted by Gasteiger charge is 2.26. The molecule has 7 heteroatoms. The molecule has 1 atom stereocenters. The van der Waals surface area contributed by atoms with Gasteiger partial charge in [0.05, 0.1) is 12.5 Å². The van der Waals surface area contributed by atoms with Gasteiger partial charge in [-0.2, -0.15) is 16.7 Å². The summed E-state index contributed by atoms with van der Waals surface area (Å²) in [7, 11) is 0. The largest absolute Gasteiger partial charge is 0.355 e. The van der Waals surface area contributed by atoms with E-state index in [2.05, 4.69) is 51.5 Å². The lowest BCUT2D eigenvalue weighted by Gasteiger charge is -2.30. The summed E-state index contributed by atoms with van der Waals surface area (Å²) >= 11 is 1.86. The van der Waals surface area contributed by atoms with Gasteiger partial charge in [-0.15, -0.1) is 0 Å². The lowest BCUT2D eigenvalue weighted by atomic mass is 9.97. The predicted molar refractivity (Wildman–Crippen MR) is 133 cm³/mol. The predicted octanol–water partition coefficient (Wildman–Crippen LogP) is 4.62. The molecular formula is C26H32N4O2S. The molecule has 1 aromatic heterocycles. The minimum absolute atomic E-state index is 0.0128. The topological polar surface area (TPSA) is 71.3 Å². The number of rotatable bonds is 9. The summed E-state index contributed by atoms with van der Waals surface area (Å²) in [6, 6.07) is 16.5. The summed E-state index contributed by atoms with van der Waals surface area (Å²) in [4.78, 5) is 19.5. The number of aromatic nitrogens is 2. The molecule has 1 N–H and O–H groups in total. The molecule has 1 amide bonds. The van der Waals surface area contributed by atoms with Gasteiger partial charge in [0.1, 0.15) is 0 Å². The molecule has 1 saturated heterocycles. The summed E-state index contributed by atoms with van der Waals surface area (Å²) in [5.74, 6) is 3.29. The smallest absolute Gasteiger partial charge is 0.241 e. The van der Waals surface area contributed by atoms with Gasteiger partial charge in [0, 0.05) is 30.2 Å². The van der Waals surface area contributed by atoms with E-state index >= 15 is 0 Å². The summed E-state index contributed by atoms with van der Waals surface area (Å²) in [6.45, 7) is 7.14. The Labute approximate surface area is 200 Å². The van der Waals surface area contributed by atoms with Crippen LogP contribution >= 0.6 is 11.8 Å². The molecule has 1 unspecified atom stereocenters. The number of benzene rings is 2. The maximum atomic E-state index is 12.7. The Hall–Kier alpha value is -2.64. The third-order valence-corrected chi connectivity index (χ3v) is 7.16. The van der Waals surface area contributed by atoms with Crippen LogP contribution in [0.1, 0.15) is 35.4 Å². The first-order valence-corrected chi connectivity index (χ1v) is 12.8. The van der Waals surface area contributed by atoms with Gasteiger partial charge >= 0.3 is 0 Å². The molecular weight excluding hydrogens is 432 g/mol. The number of nitrogens with zero attached hydrogens (tertiary/aromatic N) is 3. The molecule has 0 saturated carbocycles. The minimum Gasteiger partial charge on any atom is -0.355 e. The van der Waals surface area contributed by atoms with Crippen molar-refractivity contribution in [1.82, 2.24) is 20.4 Å². The molecule has 1 fully saturated rings. The summed E-state index contributed by atoms with van der Waals surface area (Å²) in [5, 5.41) is 7.29. The van der Waals surface area contributed by atoms with Crippen molar-refractivity contribution >= 4 is 17.7 Å². The molecule has 4 rings (SSSR count). The Morgan fingerprint density at radius 2 is 1.94 bits per heavy atom. The average molecular weight is 465 g/mol. The first kappa shape index (κ1) is 23.5. The van der Waals surface area contributed by atoms with Gasteiger partial charge in [-0.05, 0) is 49.9 Å². The number of carbonyl (C=O) groups excluding carboxylic acids is 1. The Morgan fingerprint density at radius 1 is 1.15 bits per heavy atom. The molecule has 1 aliphatic heterocycles. The van der Waals surface area contributed by atoms with Crippen molar-refractivity contribution in [3.8, 4) is 11.4 Å². The van der Waals surface area contributed by atoms with Crippen LogP contribution in [0.2, 0.25) is 0 Å². The van der Waals surface area contributed by atoms with Crippen LogP contribution in [0.3, 0.4) is 0 Å². The summed E-state index contributed by atoms with van der Waals surface area (Å²) in [6.07, 6.45) is 1.93. The third-order valence-electron chi connectivity index (χ3n) is 6.15. The molecule has 0 bridgehead atoms. The molecule has 0 spiro atoms. The van der Waals surface area contributed by atoms with E-state index in [0.29, 0.717) is 24.8 Å². The molecule has 0 aliphatic carbocycles. The van der Waals surface area contributed by atoms with Gasteiger partial charge in [-0.3, -0.25) is 9.69 Å². The van der Waals surface area contributed by atoms with Crippen molar-refractivity contribution in [3.05, 3.63) is 71.1 Å². The highest BCUT2D eigenvalue weighted by molar-refractivity contribution is 7.98. The van der Waals surface area contributed by atoms with Crippen LogP contribution in [0.25, 0.3) is 11.4 Å².